The van der Waals surface area contributed by atoms with Crippen LogP contribution in [-0.2, 0) is 14.2 Å². The van der Waals surface area contributed by atoms with Gasteiger partial charge < -0.3 is 29.5 Å². The van der Waals surface area contributed by atoms with Gasteiger partial charge in [0, 0.05) is 14.2 Å². The van der Waals surface area contributed by atoms with E-state index in [0.29, 0.717) is 0 Å². The first-order chi connectivity index (χ1) is 6.65. The smallest absolute Gasteiger partial charge is 0.184 e. The Morgan fingerprint density at radius 1 is 1.14 bits per heavy atom. The molecule has 0 bridgehead atoms. The van der Waals surface area contributed by atoms with E-state index in [9.17, 15) is 10.2 Å². The Balaban J connectivity index is 2.73. The van der Waals surface area contributed by atoms with Crippen LogP contribution in [0.2, 0.25) is 0 Å². The Kier molecular flexibility index (Phi) is 4.24. The standard InChI is InChI=1S/C8H16O6/c1-12-6-5(10)4(3-9)14-8(11)7(6)13-2/h4-11H,3H2,1-2H3/t4-,5-,6+,7-,8+/m1/s1. The Hall–Kier alpha value is -0.240. The maximum atomic E-state index is 9.65. The molecule has 1 rings (SSSR count). The van der Waals surface area contributed by atoms with Gasteiger partial charge in [-0.05, 0) is 0 Å². The number of hydrogen-bond donors (Lipinski definition) is 3. The van der Waals surface area contributed by atoms with Gasteiger partial charge in [0.1, 0.15) is 24.4 Å². The molecule has 0 spiro atoms. The van der Waals surface area contributed by atoms with Crippen molar-refractivity contribution >= 4 is 0 Å². The minimum Gasteiger partial charge on any atom is -0.394 e. The molecule has 6 heteroatoms. The van der Waals surface area contributed by atoms with Gasteiger partial charge in [-0.1, -0.05) is 0 Å². The zero-order valence-electron chi connectivity index (χ0n) is 8.16. The monoisotopic (exact) mass is 208 g/mol. The third-order valence-corrected chi connectivity index (χ3v) is 2.36. The van der Waals surface area contributed by atoms with Crippen LogP contribution in [0.4, 0.5) is 0 Å². The molecule has 0 unspecified atom stereocenters. The second kappa shape index (κ2) is 5.01. The van der Waals surface area contributed by atoms with Crippen LogP contribution in [0.3, 0.4) is 0 Å². The Labute approximate surface area is 82.0 Å². The van der Waals surface area contributed by atoms with Crippen LogP contribution in [0, 0.1) is 0 Å². The normalized spacial score (nSPS) is 43.9. The highest BCUT2D eigenvalue weighted by Crippen LogP contribution is 2.23. The molecule has 5 atom stereocenters. The van der Waals surface area contributed by atoms with E-state index in [1.807, 2.05) is 0 Å². The van der Waals surface area contributed by atoms with E-state index < -0.39 is 30.7 Å². The van der Waals surface area contributed by atoms with Gasteiger partial charge >= 0.3 is 0 Å². The van der Waals surface area contributed by atoms with Gasteiger partial charge in [0.25, 0.3) is 0 Å². The Morgan fingerprint density at radius 3 is 2.14 bits per heavy atom. The van der Waals surface area contributed by atoms with Crippen LogP contribution in [0.25, 0.3) is 0 Å². The Bertz CT molecular complexity index is 175. The molecule has 3 N–H and O–H groups in total. The van der Waals surface area contributed by atoms with Crippen molar-refractivity contribution < 1.29 is 29.5 Å². The van der Waals surface area contributed by atoms with Crippen LogP contribution in [-0.4, -0.2) is 66.9 Å². The van der Waals surface area contributed by atoms with Gasteiger partial charge in [0.05, 0.1) is 6.61 Å². The lowest BCUT2D eigenvalue weighted by atomic mass is 9.99. The summed E-state index contributed by atoms with van der Waals surface area (Å²) in [5.41, 5.74) is 0. The molecule has 6 nitrogen and oxygen atoms in total. The second-order valence-corrected chi connectivity index (χ2v) is 3.14. The lowest BCUT2D eigenvalue weighted by Crippen LogP contribution is -2.59. The minimum absolute atomic E-state index is 0.380. The third-order valence-electron chi connectivity index (χ3n) is 2.36. The summed E-state index contributed by atoms with van der Waals surface area (Å²) in [6, 6.07) is 0. The summed E-state index contributed by atoms with van der Waals surface area (Å²) in [4.78, 5) is 0. The zero-order chi connectivity index (χ0) is 10.7. The van der Waals surface area contributed by atoms with Crippen molar-refractivity contribution in [2.45, 2.75) is 30.7 Å². The van der Waals surface area contributed by atoms with Crippen molar-refractivity contribution in [3.05, 3.63) is 0 Å². The average molecular weight is 208 g/mol. The average Bonchev–Trinajstić information content (AvgIpc) is 2.20. The lowest BCUT2D eigenvalue weighted by Gasteiger charge is -2.40. The molecule has 1 aliphatic rings. The van der Waals surface area contributed by atoms with Gasteiger partial charge in [0.15, 0.2) is 6.29 Å². The molecule has 1 aliphatic heterocycles. The molecule has 0 amide bonds. The van der Waals surface area contributed by atoms with Gasteiger partial charge in [-0.15, -0.1) is 0 Å². The summed E-state index contributed by atoms with van der Waals surface area (Å²) in [6.07, 6.45) is -4.52. The fourth-order valence-electron chi connectivity index (χ4n) is 1.58. The second-order valence-electron chi connectivity index (χ2n) is 3.14. The first-order valence-corrected chi connectivity index (χ1v) is 4.33. The van der Waals surface area contributed by atoms with Gasteiger partial charge in [-0.3, -0.25) is 0 Å². The quantitative estimate of drug-likeness (QED) is 0.501. The molecular formula is C8H16O6. The fraction of sp³-hybridized carbons (Fsp3) is 1.00. The molecule has 0 radical (unpaired) electrons. The summed E-state index contributed by atoms with van der Waals surface area (Å²) < 4.78 is 14.8. The molecule has 1 saturated heterocycles. The van der Waals surface area contributed by atoms with Crippen LogP contribution < -0.4 is 0 Å². The van der Waals surface area contributed by atoms with Crippen LogP contribution in [0.15, 0.2) is 0 Å². The first kappa shape index (κ1) is 11.8. The summed E-state index contributed by atoms with van der Waals surface area (Å²) in [7, 11) is 2.78. The number of methoxy groups -OCH3 is 2. The number of rotatable bonds is 3. The van der Waals surface area contributed by atoms with Crippen molar-refractivity contribution in [1.82, 2.24) is 0 Å². The summed E-state index contributed by atoms with van der Waals surface area (Å²) >= 11 is 0. The molecule has 1 heterocycles. The Morgan fingerprint density at radius 2 is 1.71 bits per heavy atom. The number of aliphatic hydroxyl groups excluding tert-OH is 3. The molecule has 1 fully saturated rings. The molecule has 14 heavy (non-hydrogen) atoms. The summed E-state index contributed by atoms with van der Waals surface area (Å²) in [5, 5.41) is 27.9. The highest BCUT2D eigenvalue weighted by Gasteiger charge is 2.44. The largest absolute Gasteiger partial charge is 0.394 e. The lowest BCUT2D eigenvalue weighted by molar-refractivity contribution is -0.295. The molecule has 0 aromatic heterocycles. The molecule has 0 aromatic rings. The van der Waals surface area contributed by atoms with E-state index in [-0.39, 0.29) is 6.61 Å². The first-order valence-electron chi connectivity index (χ1n) is 4.33. The zero-order valence-corrected chi connectivity index (χ0v) is 8.16. The predicted molar refractivity (Wildman–Crippen MR) is 45.6 cm³/mol. The van der Waals surface area contributed by atoms with Gasteiger partial charge in [-0.2, -0.15) is 0 Å². The summed E-state index contributed by atoms with van der Waals surface area (Å²) in [6.45, 7) is -0.380. The number of aliphatic hydroxyl groups is 3. The van der Waals surface area contributed by atoms with Crippen molar-refractivity contribution in [1.29, 1.82) is 0 Å². The van der Waals surface area contributed by atoms with Crippen molar-refractivity contribution in [3.8, 4) is 0 Å². The van der Waals surface area contributed by atoms with Crippen LogP contribution in [0.5, 0.6) is 0 Å². The van der Waals surface area contributed by atoms with Crippen molar-refractivity contribution in [2.24, 2.45) is 0 Å². The maximum absolute atomic E-state index is 9.65. The third kappa shape index (κ3) is 2.05. The predicted octanol–water partition coefficient (Wildman–Crippen LogP) is -1.91. The minimum atomic E-state index is -1.20. The number of hydrogen-bond acceptors (Lipinski definition) is 6. The van der Waals surface area contributed by atoms with Gasteiger partial charge in [-0.25, -0.2) is 0 Å². The summed E-state index contributed by atoms with van der Waals surface area (Å²) in [5.74, 6) is 0. The van der Waals surface area contributed by atoms with Crippen LogP contribution in [0.1, 0.15) is 0 Å². The molecular weight excluding hydrogens is 192 g/mol. The molecule has 0 saturated carbocycles. The van der Waals surface area contributed by atoms with E-state index in [2.05, 4.69) is 0 Å². The SMILES string of the molecule is CO[C@@H]1[C@@H](OC)[C@H](O)[C@@H](CO)O[C@@H]1O. The van der Waals surface area contributed by atoms with Crippen molar-refractivity contribution in [3.63, 3.8) is 0 Å². The fourth-order valence-corrected chi connectivity index (χ4v) is 1.58. The highest BCUT2D eigenvalue weighted by molar-refractivity contribution is 4.90. The number of ether oxygens (including phenoxy) is 3. The topological polar surface area (TPSA) is 88.4 Å². The van der Waals surface area contributed by atoms with Crippen molar-refractivity contribution in [2.75, 3.05) is 20.8 Å². The molecule has 0 aliphatic carbocycles. The van der Waals surface area contributed by atoms with E-state index >= 15 is 0 Å². The van der Waals surface area contributed by atoms with E-state index in [1.165, 1.54) is 14.2 Å². The maximum Gasteiger partial charge on any atom is 0.184 e. The van der Waals surface area contributed by atoms with Gasteiger partial charge in [0.2, 0.25) is 0 Å². The molecule has 0 aromatic carbocycles. The molecule has 84 valence electrons. The van der Waals surface area contributed by atoms with Crippen LogP contribution >= 0.6 is 0 Å². The van der Waals surface area contributed by atoms with E-state index in [0.717, 1.165) is 0 Å². The van der Waals surface area contributed by atoms with E-state index in [1.54, 1.807) is 0 Å². The highest BCUT2D eigenvalue weighted by atomic mass is 16.7. The van der Waals surface area contributed by atoms with E-state index in [4.69, 9.17) is 19.3 Å².